The van der Waals surface area contributed by atoms with E-state index in [2.05, 4.69) is 11.9 Å². The standard InChI is InChI=1S/C13H23NO/c1-14(9-11-5-4-6-11)10-13(15)12-7-2-3-8-12/h11-12H,2-10H2,1H3. The van der Waals surface area contributed by atoms with Crippen molar-refractivity contribution < 1.29 is 4.79 Å². The average molecular weight is 209 g/mol. The van der Waals surface area contributed by atoms with Crippen LogP contribution in [0.15, 0.2) is 0 Å². The molecule has 2 nitrogen and oxygen atoms in total. The van der Waals surface area contributed by atoms with Gasteiger partial charge < -0.3 is 0 Å². The van der Waals surface area contributed by atoms with Crippen molar-refractivity contribution in [3.63, 3.8) is 0 Å². The van der Waals surface area contributed by atoms with Crippen LogP contribution in [0.1, 0.15) is 44.9 Å². The zero-order valence-corrected chi connectivity index (χ0v) is 9.87. The van der Waals surface area contributed by atoms with Crippen molar-refractivity contribution in [1.82, 2.24) is 4.90 Å². The average Bonchev–Trinajstić information content (AvgIpc) is 2.64. The Labute approximate surface area is 93.0 Å². The number of likely N-dealkylation sites (N-methyl/N-ethyl adjacent to an activating group) is 1. The third kappa shape index (κ3) is 3.04. The van der Waals surface area contributed by atoms with Gasteiger partial charge in [-0.3, -0.25) is 9.69 Å². The van der Waals surface area contributed by atoms with Crippen LogP contribution in [0.3, 0.4) is 0 Å². The van der Waals surface area contributed by atoms with Crippen molar-refractivity contribution in [2.75, 3.05) is 20.1 Å². The van der Waals surface area contributed by atoms with Crippen LogP contribution in [0.25, 0.3) is 0 Å². The molecule has 2 fully saturated rings. The normalized spacial score (nSPS) is 23.3. The molecule has 0 N–H and O–H groups in total. The second-order valence-corrected chi connectivity index (χ2v) is 5.44. The number of carbonyl (C=O) groups excluding carboxylic acids is 1. The van der Waals surface area contributed by atoms with Crippen LogP contribution in [-0.2, 0) is 4.79 Å². The van der Waals surface area contributed by atoms with E-state index in [1.165, 1.54) is 32.1 Å². The van der Waals surface area contributed by atoms with E-state index in [1.807, 2.05) is 0 Å². The van der Waals surface area contributed by atoms with Gasteiger partial charge in [-0.1, -0.05) is 19.3 Å². The van der Waals surface area contributed by atoms with Crippen LogP contribution in [0.4, 0.5) is 0 Å². The molecule has 2 aliphatic rings. The highest BCUT2D eigenvalue weighted by molar-refractivity contribution is 5.83. The Kier molecular flexibility index (Phi) is 3.79. The summed E-state index contributed by atoms with van der Waals surface area (Å²) in [6.45, 7) is 1.83. The smallest absolute Gasteiger partial charge is 0.149 e. The van der Waals surface area contributed by atoms with Crippen molar-refractivity contribution in [2.24, 2.45) is 11.8 Å². The number of hydrogen-bond donors (Lipinski definition) is 0. The Morgan fingerprint density at radius 3 is 2.33 bits per heavy atom. The second-order valence-electron chi connectivity index (χ2n) is 5.44. The first-order chi connectivity index (χ1) is 7.25. The van der Waals surface area contributed by atoms with E-state index >= 15 is 0 Å². The van der Waals surface area contributed by atoms with Gasteiger partial charge in [0.1, 0.15) is 5.78 Å². The number of ketones is 1. The van der Waals surface area contributed by atoms with Gasteiger partial charge in [-0.2, -0.15) is 0 Å². The fourth-order valence-electron chi connectivity index (χ4n) is 2.82. The maximum absolute atomic E-state index is 11.9. The van der Waals surface area contributed by atoms with E-state index in [0.717, 1.165) is 25.3 Å². The van der Waals surface area contributed by atoms with Gasteiger partial charge in [0, 0.05) is 12.5 Å². The first kappa shape index (κ1) is 11.1. The summed E-state index contributed by atoms with van der Waals surface area (Å²) in [5, 5.41) is 0. The Hall–Kier alpha value is -0.370. The summed E-state index contributed by atoms with van der Waals surface area (Å²) in [5.41, 5.74) is 0. The molecule has 0 spiro atoms. The van der Waals surface area contributed by atoms with Gasteiger partial charge in [-0.25, -0.2) is 0 Å². The summed E-state index contributed by atoms with van der Waals surface area (Å²) < 4.78 is 0. The minimum atomic E-state index is 0.397. The second kappa shape index (κ2) is 5.11. The molecular formula is C13H23NO. The molecule has 0 radical (unpaired) electrons. The van der Waals surface area contributed by atoms with E-state index in [0.29, 0.717) is 18.2 Å². The molecule has 2 aliphatic carbocycles. The number of Topliss-reactive ketones (excluding diaryl/α,β-unsaturated/α-hetero) is 1. The molecule has 0 atom stereocenters. The number of nitrogens with zero attached hydrogens (tertiary/aromatic N) is 1. The van der Waals surface area contributed by atoms with Crippen LogP contribution in [-0.4, -0.2) is 30.8 Å². The lowest BCUT2D eigenvalue weighted by Gasteiger charge is -2.30. The van der Waals surface area contributed by atoms with Crippen LogP contribution in [0, 0.1) is 11.8 Å². The van der Waals surface area contributed by atoms with Crippen molar-refractivity contribution in [3.8, 4) is 0 Å². The summed E-state index contributed by atoms with van der Waals surface area (Å²) in [7, 11) is 2.10. The lowest BCUT2D eigenvalue weighted by molar-refractivity contribution is -0.123. The number of rotatable bonds is 5. The molecule has 0 amide bonds. The maximum Gasteiger partial charge on any atom is 0.149 e. The van der Waals surface area contributed by atoms with Crippen molar-refractivity contribution in [2.45, 2.75) is 44.9 Å². The van der Waals surface area contributed by atoms with Crippen molar-refractivity contribution >= 4 is 5.78 Å². The van der Waals surface area contributed by atoms with E-state index in [9.17, 15) is 4.79 Å². The quantitative estimate of drug-likeness (QED) is 0.693. The summed E-state index contributed by atoms with van der Waals surface area (Å²) in [6.07, 6.45) is 8.98. The SMILES string of the molecule is CN(CC(=O)C1CCCC1)CC1CCC1. The first-order valence-corrected chi connectivity index (χ1v) is 6.47. The zero-order valence-electron chi connectivity index (χ0n) is 9.87. The molecule has 2 saturated carbocycles. The molecular weight excluding hydrogens is 186 g/mol. The fraction of sp³-hybridized carbons (Fsp3) is 0.923. The predicted octanol–water partition coefficient (Wildman–Crippen LogP) is 2.48. The summed E-state index contributed by atoms with van der Waals surface area (Å²) in [6, 6.07) is 0. The van der Waals surface area contributed by atoms with E-state index in [-0.39, 0.29) is 0 Å². The molecule has 2 rings (SSSR count). The summed E-state index contributed by atoms with van der Waals surface area (Å²) >= 11 is 0. The van der Waals surface area contributed by atoms with Crippen molar-refractivity contribution in [3.05, 3.63) is 0 Å². The van der Waals surface area contributed by atoms with Gasteiger partial charge in [-0.15, -0.1) is 0 Å². The number of carbonyl (C=O) groups is 1. The van der Waals surface area contributed by atoms with Crippen LogP contribution < -0.4 is 0 Å². The molecule has 0 aromatic carbocycles. The minimum absolute atomic E-state index is 0.397. The molecule has 2 heteroatoms. The first-order valence-electron chi connectivity index (χ1n) is 6.47. The lowest BCUT2D eigenvalue weighted by atomic mass is 9.85. The van der Waals surface area contributed by atoms with E-state index in [1.54, 1.807) is 0 Å². The van der Waals surface area contributed by atoms with Crippen LogP contribution in [0.5, 0.6) is 0 Å². The zero-order chi connectivity index (χ0) is 10.7. The van der Waals surface area contributed by atoms with Gasteiger partial charge in [0.2, 0.25) is 0 Å². The summed E-state index contributed by atoms with van der Waals surface area (Å²) in [5.74, 6) is 1.77. The lowest BCUT2D eigenvalue weighted by Crippen LogP contribution is -2.35. The Morgan fingerprint density at radius 2 is 1.80 bits per heavy atom. The Balaban J connectivity index is 1.67. The fourth-order valence-corrected chi connectivity index (χ4v) is 2.82. The highest BCUT2D eigenvalue weighted by atomic mass is 16.1. The Bertz CT molecular complexity index is 217. The van der Waals surface area contributed by atoms with Crippen LogP contribution in [0.2, 0.25) is 0 Å². The third-order valence-electron chi connectivity index (χ3n) is 4.03. The van der Waals surface area contributed by atoms with Gasteiger partial charge in [0.25, 0.3) is 0 Å². The van der Waals surface area contributed by atoms with Gasteiger partial charge in [0.15, 0.2) is 0 Å². The molecule has 86 valence electrons. The molecule has 0 bridgehead atoms. The van der Waals surface area contributed by atoms with E-state index in [4.69, 9.17) is 0 Å². The highest BCUT2D eigenvalue weighted by Gasteiger charge is 2.25. The largest absolute Gasteiger partial charge is 0.299 e. The van der Waals surface area contributed by atoms with Crippen molar-refractivity contribution in [1.29, 1.82) is 0 Å². The third-order valence-corrected chi connectivity index (χ3v) is 4.03. The molecule has 0 unspecified atom stereocenters. The molecule has 0 aromatic rings. The molecule has 0 aromatic heterocycles. The minimum Gasteiger partial charge on any atom is -0.299 e. The van der Waals surface area contributed by atoms with E-state index < -0.39 is 0 Å². The van der Waals surface area contributed by atoms with Crippen LogP contribution >= 0.6 is 0 Å². The van der Waals surface area contributed by atoms with Gasteiger partial charge >= 0.3 is 0 Å². The molecule has 0 saturated heterocycles. The highest BCUT2D eigenvalue weighted by Crippen LogP contribution is 2.28. The summed E-state index contributed by atoms with van der Waals surface area (Å²) in [4.78, 5) is 14.1. The Morgan fingerprint density at radius 1 is 1.13 bits per heavy atom. The van der Waals surface area contributed by atoms with Gasteiger partial charge in [0.05, 0.1) is 6.54 Å². The molecule has 0 heterocycles. The van der Waals surface area contributed by atoms with Gasteiger partial charge in [-0.05, 0) is 38.6 Å². The predicted molar refractivity (Wildman–Crippen MR) is 61.8 cm³/mol. The molecule has 0 aliphatic heterocycles. The topological polar surface area (TPSA) is 20.3 Å². The monoisotopic (exact) mass is 209 g/mol. The number of hydrogen-bond acceptors (Lipinski definition) is 2. The molecule has 15 heavy (non-hydrogen) atoms. The maximum atomic E-state index is 11.9.